The van der Waals surface area contributed by atoms with Crippen LogP contribution in [0, 0.1) is 11.6 Å². The summed E-state index contributed by atoms with van der Waals surface area (Å²) < 4.78 is 25.2. The lowest BCUT2D eigenvalue weighted by Crippen LogP contribution is -2.30. The number of hydrogen-bond acceptors (Lipinski definition) is 2. The van der Waals surface area contributed by atoms with Crippen LogP contribution in [0.3, 0.4) is 0 Å². The SMILES string of the molecule is NNC(=O)CCc1ccc(F)c(F)c1. The van der Waals surface area contributed by atoms with E-state index in [1.54, 1.807) is 0 Å². The molecule has 0 saturated carbocycles. The second-order valence-electron chi connectivity index (χ2n) is 2.82. The Morgan fingerprint density at radius 1 is 1.36 bits per heavy atom. The molecular formula is C9H10F2N2O. The molecule has 0 spiro atoms. The van der Waals surface area contributed by atoms with Crippen LogP contribution in [0.1, 0.15) is 12.0 Å². The Balaban J connectivity index is 2.60. The Bertz CT molecular complexity index is 342. The van der Waals surface area contributed by atoms with E-state index in [0.717, 1.165) is 12.1 Å². The van der Waals surface area contributed by atoms with Gasteiger partial charge in [-0.2, -0.15) is 0 Å². The summed E-state index contributed by atoms with van der Waals surface area (Å²) >= 11 is 0. The van der Waals surface area contributed by atoms with E-state index in [9.17, 15) is 13.6 Å². The molecule has 0 aliphatic carbocycles. The van der Waals surface area contributed by atoms with Gasteiger partial charge in [-0.3, -0.25) is 10.2 Å². The average molecular weight is 200 g/mol. The highest BCUT2D eigenvalue weighted by Gasteiger charge is 2.04. The smallest absolute Gasteiger partial charge is 0.234 e. The lowest BCUT2D eigenvalue weighted by Gasteiger charge is -2.01. The summed E-state index contributed by atoms with van der Waals surface area (Å²) in [5, 5.41) is 0. The summed E-state index contributed by atoms with van der Waals surface area (Å²) in [6.45, 7) is 0. The molecule has 3 N–H and O–H groups in total. The zero-order valence-electron chi connectivity index (χ0n) is 7.39. The van der Waals surface area contributed by atoms with Crippen LogP contribution in [0.5, 0.6) is 0 Å². The first-order valence-electron chi connectivity index (χ1n) is 4.07. The van der Waals surface area contributed by atoms with Crippen molar-refractivity contribution in [3.8, 4) is 0 Å². The number of rotatable bonds is 3. The number of carbonyl (C=O) groups is 1. The van der Waals surface area contributed by atoms with Crippen molar-refractivity contribution < 1.29 is 13.6 Å². The van der Waals surface area contributed by atoms with Crippen LogP contribution in [0.4, 0.5) is 8.78 Å². The van der Waals surface area contributed by atoms with Crippen LogP contribution < -0.4 is 11.3 Å². The lowest BCUT2D eigenvalue weighted by atomic mass is 10.1. The van der Waals surface area contributed by atoms with Crippen LogP contribution in [0.2, 0.25) is 0 Å². The van der Waals surface area contributed by atoms with Gasteiger partial charge in [-0.25, -0.2) is 14.6 Å². The third-order valence-corrected chi connectivity index (χ3v) is 1.79. The summed E-state index contributed by atoms with van der Waals surface area (Å²) in [6.07, 6.45) is 0.488. The average Bonchev–Trinajstić information content (AvgIpc) is 2.19. The summed E-state index contributed by atoms with van der Waals surface area (Å²) in [6, 6.07) is 3.53. The molecule has 0 radical (unpaired) electrons. The quantitative estimate of drug-likeness (QED) is 0.432. The molecule has 5 heteroatoms. The van der Waals surface area contributed by atoms with E-state index in [1.807, 2.05) is 5.43 Å². The van der Waals surface area contributed by atoms with Crippen molar-refractivity contribution in [3.05, 3.63) is 35.4 Å². The van der Waals surface area contributed by atoms with Crippen LogP contribution in [-0.4, -0.2) is 5.91 Å². The lowest BCUT2D eigenvalue weighted by molar-refractivity contribution is -0.121. The van der Waals surface area contributed by atoms with E-state index in [1.165, 1.54) is 6.07 Å². The van der Waals surface area contributed by atoms with Crippen molar-refractivity contribution in [2.24, 2.45) is 5.84 Å². The molecule has 0 aliphatic heterocycles. The van der Waals surface area contributed by atoms with E-state index in [4.69, 9.17) is 5.84 Å². The van der Waals surface area contributed by atoms with Gasteiger partial charge >= 0.3 is 0 Å². The maximum atomic E-state index is 12.7. The molecule has 0 atom stereocenters. The monoisotopic (exact) mass is 200 g/mol. The molecular weight excluding hydrogens is 190 g/mol. The number of nitrogens with two attached hydrogens (primary N) is 1. The van der Waals surface area contributed by atoms with Gasteiger partial charge in [0.25, 0.3) is 0 Å². The van der Waals surface area contributed by atoms with E-state index in [-0.39, 0.29) is 12.3 Å². The Morgan fingerprint density at radius 3 is 2.64 bits per heavy atom. The fourth-order valence-corrected chi connectivity index (χ4v) is 1.03. The van der Waals surface area contributed by atoms with E-state index < -0.39 is 11.6 Å². The summed E-state index contributed by atoms with van der Waals surface area (Å²) in [7, 11) is 0. The van der Waals surface area contributed by atoms with Crippen molar-refractivity contribution in [2.45, 2.75) is 12.8 Å². The third kappa shape index (κ3) is 2.77. The fraction of sp³-hybridized carbons (Fsp3) is 0.222. The van der Waals surface area contributed by atoms with Crippen molar-refractivity contribution in [1.82, 2.24) is 5.43 Å². The minimum atomic E-state index is -0.907. The Kier molecular flexibility index (Phi) is 3.53. The van der Waals surface area contributed by atoms with Gasteiger partial charge in [0.05, 0.1) is 0 Å². The number of nitrogens with one attached hydrogen (secondary N) is 1. The van der Waals surface area contributed by atoms with Gasteiger partial charge < -0.3 is 0 Å². The normalized spacial score (nSPS) is 9.93. The molecule has 0 fully saturated rings. The molecule has 0 saturated heterocycles. The number of hydrogen-bond donors (Lipinski definition) is 2. The Hall–Kier alpha value is -1.49. The van der Waals surface area contributed by atoms with Gasteiger partial charge in [0.15, 0.2) is 11.6 Å². The van der Waals surface area contributed by atoms with Gasteiger partial charge in [0.1, 0.15) is 0 Å². The first-order valence-corrected chi connectivity index (χ1v) is 4.07. The number of hydrazine groups is 1. The largest absolute Gasteiger partial charge is 0.294 e. The number of carbonyl (C=O) groups excluding carboxylic acids is 1. The molecule has 0 aliphatic rings. The molecule has 0 unspecified atom stereocenters. The van der Waals surface area contributed by atoms with Gasteiger partial charge in [-0.1, -0.05) is 6.07 Å². The standard InChI is InChI=1S/C9H10F2N2O/c10-7-3-1-6(5-8(7)11)2-4-9(14)13-12/h1,3,5H,2,4,12H2,(H,13,14). The van der Waals surface area contributed by atoms with Gasteiger partial charge in [-0.05, 0) is 24.1 Å². The third-order valence-electron chi connectivity index (χ3n) is 1.79. The Morgan fingerprint density at radius 2 is 2.07 bits per heavy atom. The van der Waals surface area contributed by atoms with Crippen molar-refractivity contribution in [2.75, 3.05) is 0 Å². The summed E-state index contributed by atoms with van der Waals surface area (Å²) in [5.74, 6) is 2.72. The molecule has 1 amide bonds. The molecule has 0 bridgehead atoms. The van der Waals surface area contributed by atoms with Gasteiger partial charge in [0, 0.05) is 6.42 Å². The maximum Gasteiger partial charge on any atom is 0.234 e. The van der Waals surface area contributed by atoms with Crippen LogP contribution >= 0.6 is 0 Å². The topological polar surface area (TPSA) is 55.1 Å². The maximum absolute atomic E-state index is 12.7. The molecule has 0 heterocycles. The van der Waals surface area contributed by atoms with Crippen molar-refractivity contribution in [3.63, 3.8) is 0 Å². The zero-order chi connectivity index (χ0) is 10.6. The number of amides is 1. The minimum Gasteiger partial charge on any atom is -0.294 e. The summed E-state index contributed by atoms with van der Waals surface area (Å²) in [4.78, 5) is 10.7. The molecule has 76 valence electrons. The highest BCUT2D eigenvalue weighted by atomic mass is 19.2. The second kappa shape index (κ2) is 4.66. The predicted molar refractivity (Wildman–Crippen MR) is 47.0 cm³/mol. The summed E-state index contributed by atoms with van der Waals surface area (Å²) in [5.41, 5.74) is 2.52. The van der Waals surface area contributed by atoms with Crippen molar-refractivity contribution in [1.29, 1.82) is 0 Å². The molecule has 0 aromatic heterocycles. The van der Waals surface area contributed by atoms with Crippen LogP contribution in [-0.2, 0) is 11.2 Å². The van der Waals surface area contributed by atoms with E-state index >= 15 is 0 Å². The molecule has 3 nitrogen and oxygen atoms in total. The highest BCUT2D eigenvalue weighted by molar-refractivity contribution is 5.75. The number of aryl methyl sites for hydroxylation is 1. The Labute approximate surface area is 79.9 Å². The van der Waals surface area contributed by atoms with Crippen molar-refractivity contribution >= 4 is 5.91 Å². The van der Waals surface area contributed by atoms with E-state index in [0.29, 0.717) is 12.0 Å². The van der Waals surface area contributed by atoms with Crippen LogP contribution in [0.15, 0.2) is 18.2 Å². The second-order valence-corrected chi connectivity index (χ2v) is 2.82. The molecule has 1 aromatic rings. The van der Waals surface area contributed by atoms with Crippen LogP contribution in [0.25, 0.3) is 0 Å². The predicted octanol–water partition coefficient (Wildman–Crippen LogP) is 0.887. The number of halogens is 2. The first kappa shape index (κ1) is 10.6. The first-order chi connectivity index (χ1) is 6.63. The minimum absolute atomic E-state index is 0.154. The molecule has 1 aromatic carbocycles. The molecule has 14 heavy (non-hydrogen) atoms. The number of benzene rings is 1. The van der Waals surface area contributed by atoms with Gasteiger partial charge in [-0.15, -0.1) is 0 Å². The fourth-order valence-electron chi connectivity index (χ4n) is 1.03. The van der Waals surface area contributed by atoms with E-state index in [2.05, 4.69) is 0 Å². The molecule has 1 rings (SSSR count). The van der Waals surface area contributed by atoms with Gasteiger partial charge in [0.2, 0.25) is 5.91 Å². The highest BCUT2D eigenvalue weighted by Crippen LogP contribution is 2.10. The zero-order valence-corrected chi connectivity index (χ0v) is 7.39.